The van der Waals surface area contributed by atoms with Crippen LogP contribution in [0.2, 0.25) is 5.02 Å². The van der Waals surface area contributed by atoms with Gasteiger partial charge in [0.15, 0.2) is 5.71 Å². The Kier molecular flexibility index (Phi) is 7.75. The quantitative estimate of drug-likeness (QED) is 0.317. The van der Waals surface area contributed by atoms with Crippen molar-refractivity contribution in [2.45, 2.75) is 50.7 Å². The molecule has 0 amide bonds. The monoisotopic (exact) mass is 437 g/mol. The molecule has 1 rings (SSSR count). The van der Waals surface area contributed by atoms with Crippen LogP contribution in [-0.2, 0) is 11.0 Å². The number of halogens is 7. The van der Waals surface area contributed by atoms with Crippen molar-refractivity contribution in [2.24, 2.45) is 4.40 Å². The topological polar surface area (TPSA) is 38.7 Å². The van der Waals surface area contributed by atoms with Gasteiger partial charge in [-0.15, -0.1) is 0 Å². The van der Waals surface area contributed by atoms with E-state index < -0.39 is 45.8 Å². The first-order valence-electron chi connectivity index (χ1n) is 7.68. The van der Waals surface area contributed by atoms with Gasteiger partial charge in [0.1, 0.15) is 16.7 Å². The number of alkyl halides is 6. The molecule has 0 aliphatic heterocycles. The van der Waals surface area contributed by atoms with Crippen molar-refractivity contribution in [3.8, 4) is 5.75 Å². The Bertz CT molecular complexity index is 710. The molecule has 0 saturated carbocycles. The molecular formula is C16H18ClF6NO2S. The van der Waals surface area contributed by atoms with Crippen LogP contribution in [0.5, 0.6) is 5.75 Å². The molecule has 0 aliphatic carbocycles. The second-order valence-corrected chi connectivity index (χ2v) is 8.82. The highest BCUT2D eigenvalue weighted by molar-refractivity contribution is 7.85. The molecule has 0 heterocycles. The van der Waals surface area contributed by atoms with Crippen molar-refractivity contribution in [2.75, 3.05) is 6.61 Å². The Balaban J connectivity index is 3.03. The third-order valence-electron chi connectivity index (χ3n) is 3.04. The summed E-state index contributed by atoms with van der Waals surface area (Å²) >= 11 is 5.87. The van der Waals surface area contributed by atoms with Crippen LogP contribution in [0.15, 0.2) is 22.6 Å². The van der Waals surface area contributed by atoms with Crippen LogP contribution in [0, 0.1) is 0 Å². The van der Waals surface area contributed by atoms with Gasteiger partial charge in [-0.05, 0) is 45.4 Å². The standard InChI is InChI=1S/C16H18ClF6NO2S/c1-14(2,3)27(25)24-13(16(21,22)23)11-6-5-10(9-12(11)17)26-8-4-7-15(18,19)20/h5-6,9H,4,7-8H2,1-3H3/t27-/m1/s1. The first-order valence-corrected chi connectivity index (χ1v) is 9.17. The van der Waals surface area contributed by atoms with Crippen LogP contribution in [0.25, 0.3) is 0 Å². The fraction of sp³-hybridized carbons (Fsp3) is 0.562. The molecule has 0 aromatic heterocycles. The third kappa shape index (κ3) is 8.08. The molecule has 11 heteroatoms. The van der Waals surface area contributed by atoms with Crippen molar-refractivity contribution in [3.05, 3.63) is 28.8 Å². The predicted octanol–water partition coefficient (Wildman–Crippen LogP) is 5.87. The molecule has 27 heavy (non-hydrogen) atoms. The maximum absolute atomic E-state index is 13.3. The van der Waals surface area contributed by atoms with Crippen LogP contribution in [0.3, 0.4) is 0 Å². The first kappa shape index (κ1) is 23.7. The predicted molar refractivity (Wildman–Crippen MR) is 92.7 cm³/mol. The van der Waals surface area contributed by atoms with Crippen molar-refractivity contribution >= 4 is 28.3 Å². The van der Waals surface area contributed by atoms with E-state index in [0.717, 1.165) is 18.2 Å². The van der Waals surface area contributed by atoms with E-state index in [-0.39, 0.29) is 23.8 Å². The van der Waals surface area contributed by atoms with Crippen molar-refractivity contribution in [3.63, 3.8) is 0 Å². The van der Waals surface area contributed by atoms with Crippen LogP contribution in [-0.4, -0.2) is 33.6 Å². The average molecular weight is 438 g/mol. The fourth-order valence-electron chi connectivity index (χ4n) is 1.71. The number of hydrogen-bond donors (Lipinski definition) is 0. The second kappa shape index (κ2) is 8.81. The lowest BCUT2D eigenvalue weighted by Gasteiger charge is -2.17. The SMILES string of the molecule is CC(C)(C)[S@@](=O)N=C(c1ccc(OCCCC(F)(F)F)cc1Cl)C(F)(F)F. The Hall–Kier alpha value is -1.29. The number of nitrogens with zero attached hydrogens (tertiary/aromatic N) is 1. The summed E-state index contributed by atoms with van der Waals surface area (Å²) in [6, 6.07) is 3.16. The van der Waals surface area contributed by atoms with E-state index in [1.807, 2.05) is 0 Å². The van der Waals surface area contributed by atoms with Crippen LogP contribution in [0.4, 0.5) is 26.3 Å². The van der Waals surface area contributed by atoms with Gasteiger partial charge in [-0.1, -0.05) is 11.6 Å². The minimum Gasteiger partial charge on any atom is -0.494 e. The highest BCUT2D eigenvalue weighted by Crippen LogP contribution is 2.31. The van der Waals surface area contributed by atoms with Gasteiger partial charge >= 0.3 is 12.4 Å². The van der Waals surface area contributed by atoms with Gasteiger partial charge in [-0.3, -0.25) is 0 Å². The molecule has 0 radical (unpaired) electrons. The second-order valence-electron chi connectivity index (χ2n) is 6.51. The maximum atomic E-state index is 13.3. The minimum absolute atomic E-state index is 0.0180. The lowest BCUT2D eigenvalue weighted by molar-refractivity contribution is -0.136. The zero-order valence-corrected chi connectivity index (χ0v) is 16.2. The van der Waals surface area contributed by atoms with E-state index in [2.05, 4.69) is 4.40 Å². The normalized spacial score (nSPS) is 15.0. The van der Waals surface area contributed by atoms with Gasteiger partial charge in [-0.25, -0.2) is 4.21 Å². The van der Waals surface area contributed by atoms with E-state index in [0.29, 0.717) is 0 Å². The molecule has 0 spiro atoms. The summed E-state index contributed by atoms with van der Waals surface area (Å²) in [4.78, 5) is 0. The summed E-state index contributed by atoms with van der Waals surface area (Å²) in [7, 11) is -2.17. The van der Waals surface area contributed by atoms with Crippen molar-refractivity contribution in [1.29, 1.82) is 0 Å². The van der Waals surface area contributed by atoms with Gasteiger partial charge < -0.3 is 4.74 Å². The van der Waals surface area contributed by atoms with E-state index >= 15 is 0 Å². The Labute approximate surface area is 160 Å². The van der Waals surface area contributed by atoms with Gasteiger partial charge in [0.25, 0.3) is 0 Å². The summed E-state index contributed by atoms with van der Waals surface area (Å²) < 4.78 is 95.5. The Morgan fingerprint density at radius 3 is 2.19 bits per heavy atom. The minimum atomic E-state index is -4.90. The fourth-order valence-corrected chi connectivity index (χ4v) is 2.62. The lowest BCUT2D eigenvalue weighted by Crippen LogP contribution is -2.28. The molecule has 0 fully saturated rings. The first-order chi connectivity index (χ1) is 12.1. The molecule has 0 N–H and O–H groups in total. The summed E-state index contributed by atoms with van der Waals surface area (Å²) in [5, 5.41) is -0.370. The zero-order chi connectivity index (χ0) is 21.0. The molecule has 0 bridgehead atoms. The number of benzene rings is 1. The van der Waals surface area contributed by atoms with Gasteiger partial charge in [0, 0.05) is 12.0 Å². The summed E-state index contributed by atoms with van der Waals surface area (Å²) in [6.07, 6.45) is -10.6. The highest BCUT2D eigenvalue weighted by Gasteiger charge is 2.39. The zero-order valence-electron chi connectivity index (χ0n) is 14.7. The largest absolute Gasteiger partial charge is 0.494 e. The molecule has 154 valence electrons. The Morgan fingerprint density at radius 2 is 1.74 bits per heavy atom. The molecule has 3 nitrogen and oxygen atoms in total. The van der Waals surface area contributed by atoms with Gasteiger partial charge in [-0.2, -0.15) is 30.7 Å². The molecule has 0 unspecified atom stereocenters. The third-order valence-corrected chi connectivity index (χ3v) is 4.74. The summed E-state index contributed by atoms with van der Waals surface area (Å²) in [6.45, 7) is 4.14. The van der Waals surface area contributed by atoms with Gasteiger partial charge in [0.05, 0.1) is 16.4 Å². The number of ether oxygens (including phenoxy) is 1. The maximum Gasteiger partial charge on any atom is 0.434 e. The number of hydrogen-bond acceptors (Lipinski definition) is 2. The molecule has 1 atom stereocenters. The Morgan fingerprint density at radius 1 is 1.15 bits per heavy atom. The van der Waals surface area contributed by atoms with Crippen LogP contribution >= 0.6 is 11.6 Å². The van der Waals surface area contributed by atoms with Crippen LogP contribution in [0.1, 0.15) is 39.2 Å². The highest BCUT2D eigenvalue weighted by atomic mass is 35.5. The molecule has 0 aliphatic rings. The number of rotatable bonds is 6. The van der Waals surface area contributed by atoms with E-state index in [1.54, 1.807) is 0 Å². The van der Waals surface area contributed by atoms with Crippen molar-refractivity contribution < 1.29 is 35.3 Å². The molecular weight excluding hydrogens is 420 g/mol. The molecule has 0 saturated heterocycles. The van der Waals surface area contributed by atoms with Crippen LogP contribution < -0.4 is 4.74 Å². The smallest absolute Gasteiger partial charge is 0.434 e. The van der Waals surface area contributed by atoms with E-state index in [4.69, 9.17) is 16.3 Å². The average Bonchev–Trinajstić information content (AvgIpc) is 2.46. The van der Waals surface area contributed by atoms with Crippen molar-refractivity contribution in [1.82, 2.24) is 0 Å². The van der Waals surface area contributed by atoms with E-state index in [1.165, 1.54) is 20.8 Å². The van der Waals surface area contributed by atoms with E-state index in [9.17, 15) is 30.6 Å². The van der Waals surface area contributed by atoms with Gasteiger partial charge in [0.2, 0.25) is 0 Å². The summed E-state index contributed by atoms with van der Waals surface area (Å²) in [5.74, 6) is 0.0180. The molecule has 1 aromatic rings. The molecule has 1 aromatic carbocycles. The summed E-state index contributed by atoms with van der Waals surface area (Å²) in [5.41, 5.74) is -1.89. The lowest BCUT2D eigenvalue weighted by atomic mass is 10.1.